The van der Waals surface area contributed by atoms with Gasteiger partial charge >= 0.3 is 6.03 Å². The molecular weight excluding hydrogens is 286 g/mol. The minimum absolute atomic E-state index is 0.318. The van der Waals surface area contributed by atoms with Gasteiger partial charge in [-0.05, 0) is 43.7 Å². The molecule has 0 fully saturated rings. The molecule has 0 spiro atoms. The average molecular weight is 304 g/mol. The van der Waals surface area contributed by atoms with Crippen molar-refractivity contribution in [1.29, 1.82) is 0 Å². The van der Waals surface area contributed by atoms with E-state index in [0.717, 1.165) is 17.7 Å². The van der Waals surface area contributed by atoms with E-state index in [1.54, 1.807) is 14.0 Å². The molecule has 5 heteroatoms. The first-order valence-corrected chi connectivity index (χ1v) is 6.94. The molecule has 22 heavy (non-hydrogen) atoms. The summed E-state index contributed by atoms with van der Waals surface area (Å²) in [5.74, 6) is -1.82. The van der Waals surface area contributed by atoms with Crippen molar-refractivity contribution in [3.05, 3.63) is 65.2 Å². The highest BCUT2D eigenvalue weighted by atomic mass is 19.2. The first-order valence-electron chi connectivity index (χ1n) is 6.94. The van der Waals surface area contributed by atoms with Gasteiger partial charge in [0.1, 0.15) is 0 Å². The maximum Gasteiger partial charge on any atom is 0.322 e. The van der Waals surface area contributed by atoms with Crippen molar-refractivity contribution < 1.29 is 13.6 Å². The van der Waals surface area contributed by atoms with E-state index in [0.29, 0.717) is 11.3 Å². The summed E-state index contributed by atoms with van der Waals surface area (Å²) < 4.78 is 26.3. The van der Waals surface area contributed by atoms with Crippen LogP contribution in [0.2, 0.25) is 0 Å². The van der Waals surface area contributed by atoms with Gasteiger partial charge in [-0.1, -0.05) is 23.8 Å². The minimum Gasteiger partial charge on any atom is -0.321 e. The van der Waals surface area contributed by atoms with Crippen LogP contribution in [-0.2, 0) is 0 Å². The van der Waals surface area contributed by atoms with Crippen molar-refractivity contribution in [3.8, 4) is 0 Å². The molecule has 0 bridgehead atoms. The van der Waals surface area contributed by atoms with Crippen molar-refractivity contribution in [1.82, 2.24) is 4.90 Å². The third-order valence-corrected chi connectivity index (χ3v) is 3.63. The largest absolute Gasteiger partial charge is 0.322 e. The van der Waals surface area contributed by atoms with Crippen molar-refractivity contribution in [2.24, 2.45) is 0 Å². The predicted octanol–water partition coefficient (Wildman–Crippen LogP) is 4.50. The van der Waals surface area contributed by atoms with Crippen LogP contribution in [0.1, 0.15) is 24.1 Å². The smallest absolute Gasteiger partial charge is 0.321 e. The van der Waals surface area contributed by atoms with E-state index in [1.165, 1.54) is 11.0 Å². The summed E-state index contributed by atoms with van der Waals surface area (Å²) in [5.41, 5.74) is 2.31. The number of carbonyl (C=O) groups excluding carboxylic acids is 1. The molecule has 1 atom stereocenters. The monoisotopic (exact) mass is 304 g/mol. The molecule has 1 unspecified atom stereocenters. The van der Waals surface area contributed by atoms with Gasteiger partial charge in [-0.3, -0.25) is 0 Å². The molecule has 2 amide bonds. The molecule has 0 aromatic heterocycles. The molecule has 2 aromatic rings. The van der Waals surface area contributed by atoms with Crippen LogP contribution < -0.4 is 5.32 Å². The van der Waals surface area contributed by atoms with Gasteiger partial charge in [0.25, 0.3) is 0 Å². The molecule has 0 aliphatic heterocycles. The lowest BCUT2D eigenvalue weighted by molar-refractivity contribution is 0.208. The summed E-state index contributed by atoms with van der Waals surface area (Å²) in [6, 6.07) is 10.3. The summed E-state index contributed by atoms with van der Waals surface area (Å²) in [5, 5.41) is 2.76. The summed E-state index contributed by atoms with van der Waals surface area (Å²) >= 11 is 0. The standard InChI is InChI=1S/C17H18F2N2O/c1-11-4-7-14(8-5-11)20-17(22)21(3)12(2)13-6-9-15(18)16(19)10-13/h4-10,12H,1-3H3,(H,20,22). The Bertz CT molecular complexity index is 671. The van der Waals surface area contributed by atoms with Gasteiger partial charge in [0, 0.05) is 12.7 Å². The Morgan fingerprint density at radius 1 is 1.09 bits per heavy atom. The average Bonchev–Trinajstić information content (AvgIpc) is 2.50. The lowest BCUT2D eigenvalue weighted by Crippen LogP contribution is -2.33. The first kappa shape index (κ1) is 15.9. The van der Waals surface area contributed by atoms with Crippen LogP contribution in [-0.4, -0.2) is 18.0 Å². The van der Waals surface area contributed by atoms with Crippen molar-refractivity contribution >= 4 is 11.7 Å². The SMILES string of the molecule is Cc1ccc(NC(=O)N(C)C(C)c2ccc(F)c(F)c2)cc1. The summed E-state index contributed by atoms with van der Waals surface area (Å²) in [6.07, 6.45) is 0. The Morgan fingerprint density at radius 3 is 2.32 bits per heavy atom. The molecule has 0 aliphatic rings. The molecule has 0 saturated carbocycles. The highest BCUT2D eigenvalue weighted by Gasteiger charge is 2.18. The Hall–Kier alpha value is -2.43. The minimum atomic E-state index is -0.920. The van der Waals surface area contributed by atoms with Gasteiger partial charge in [-0.15, -0.1) is 0 Å². The van der Waals surface area contributed by atoms with E-state index >= 15 is 0 Å². The topological polar surface area (TPSA) is 32.3 Å². The fraction of sp³-hybridized carbons (Fsp3) is 0.235. The van der Waals surface area contributed by atoms with E-state index in [9.17, 15) is 13.6 Å². The number of hydrogen-bond acceptors (Lipinski definition) is 1. The number of anilines is 1. The molecule has 0 heterocycles. The van der Waals surface area contributed by atoms with Gasteiger partial charge < -0.3 is 10.2 Å². The van der Waals surface area contributed by atoms with Crippen molar-refractivity contribution in [2.45, 2.75) is 19.9 Å². The second-order valence-corrected chi connectivity index (χ2v) is 5.26. The molecule has 1 N–H and O–H groups in total. The van der Waals surface area contributed by atoms with Gasteiger partial charge in [0.2, 0.25) is 0 Å². The summed E-state index contributed by atoms with van der Waals surface area (Å²) in [7, 11) is 1.61. The van der Waals surface area contributed by atoms with E-state index in [4.69, 9.17) is 0 Å². The number of benzene rings is 2. The van der Waals surface area contributed by atoms with E-state index in [1.807, 2.05) is 31.2 Å². The number of aryl methyl sites for hydroxylation is 1. The molecule has 2 aromatic carbocycles. The van der Waals surface area contributed by atoms with Crippen LogP contribution in [0.15, 0.2) is 42.5 Å². The second kappa shape index (κ2) is 6.56. The molecule has 0 saturated heterocycles. The number of rotatable bonds is 3. The zero-order valence-electron chi connectivity index (χ0n) is 12.7. The number of nitrogens with zero attached hydrogens (tertiary/aromatic N) is 1. The first-order chi connectivity index (χ1) is 10.4. The van der Waals surface area contributed by atoms with Crippen molar-refractivity contribution in [3.63, 3.8) is 0 Å². The Labute approximate surface area is 128 Å². The van der Waals surface area contributed by atoms with E-state index in [-0.39, 0.29) is 12.1 Å². The van der Waals surface area contributed by atoms with Gasteiger partial charge in [-0.25, -0.2) is 13.6 Å². The van der Waals surface area contributed by atoms with E-state index in [2.05, 4.69) is 5.32 Å². The molecule has 3 nitrogen and oxygen atoms in total. The molecule has 2 rings (SSSR count). The van der Waals surface area contributed by atoms with Gasteiger partial charge in [0.15, 0.2) is 11.6 Å². The number of urea groups is 1. The quantitative estimate of drug-likeness (QED) is 0.889. The summed E-state index contributed by atoms with van der Waals surface area (Å²) in [6.45, 7) is 3.71. The molecular formula is C17H18F2N2O. The molecule has 116 valence electrons. The number of halogens is 2. The van der Waals surface area contributed by atoms with Crippen LogP contribution in [0.25, 0.3) is 0 Å². The van der Waals surface area contributed by atoms with Crippen LogP contribution >= 0.6 is 0 Å². The lowest BCUT2D eigenvalue weighted by Gasteiger charge is -2.25. The third-order valence-electron chi connectivity index (χ3n) is 3.63. The van der Waals surface area contributed by atoms with Crippen LogP contribution in [0.3, 0.4) is 0 Å². The van der Waals surface area contributed by atoms with Crippen molar-refractivity contribution in [2.75, 3.05) is 12.4 Å². The van der Waals surface area contributed by atoms with E-state index < -0.39 is 11.6 Å². The third kappa shape index (κ3) is 3.61. The number of nitrogens with one attached hydrogen (secondary N) is 1. The number of hydrogen-bond donors (Lipinski definition) is 1. The number of carbonyl (C=O) groups is 1. The van der Waals surface area contributed by atoms with Crippen LogP contribution in [0, 0.1) is 18.6 Å². The van der Waals surface area contributed by atoms with Gasteiger partial charge in [0.05, 0.1) is 6.04 Å². The zero-order valence-corrected chi connectivity index (χ0v) is 12.7. The maximum atomic E-state index is 13.3. The maximum absolute atomic E-state index is 13.3. The Balaban J connectivity index is 2.08. The van der Waals surface area contributed by atoms with Crippen LogP contribution in [0.4, 0.5) is 19.3 Å². The molecule has 0 aliphatic carbocycles. The number of amides is 2. The highest BCUT2D eigenvalue weighted by molar-refractivity contribution is 5.89. The fourth-order valence-electron chi connectivity index (χ4n) is 2.02. The lowest BCUT2D eigenvalue weighted by atomic mass is 10.1. The zero-order chi connectivity index (χ0) is 16.3. The fourth-order valence-corrected chi connectivity index (χ4v) is 2.02. The second-order valence-electron chi connectivity index (χ2n) is 5.26. The highest BCUT2D eigenvalue weighted by Crippen LogP contribution is 2.21. The Morgan fingerprint density at radius 2 is 1.73 bits per heavy atom. The Kier molecular flexibility index (Phi) is 4.75. The predicted molar refractivity (Wildman–Crippen MR) is 82.7 cm³/mol. The summed E-state index contributed by atoms with van der Waals surface area (Å²) in [4.78, 5) is 13.6. The molecule has 0 radical (unpaired) electrons. The van der Waals surface area contributed by atoms with Gasteiger partial charge in [-0.2, -0.15) is 0 Å². The normalized spacial score (nSPS) is 11.9. The van der Waals surface area contributed by atoms with Crippen LogP contribution in [0.5, 0.6) is 0 Å².